The molecule has 1 atom stereocenters. The fourth-order valence-electron chi connectivity index (χ4n) is 1.54. The lowest BCUT2D eigenvalue weighted by atomic mass is 10.1. The molecule has 0 aliphatic carbocycles. The summed E-state index contributed by atoms with van der Waals surface area (Å²) in [5.41, 5.74) is 0.902. The van der Waals surface area contributed by atoms with E-state index in [-0.39, 0.29) is 11.8 Å². The van der Waals surface area contributed by atoms with Crippen molar-refractivity contribution in [2.45, 2.75) is 26.7 Å². The standard InChI is InChI=1S/C13H15ClN2O/c1-3-4-9(2)13(17)16-12-7-11(14)6-5-10(12)8-15/h5-7,9H,3-4H2,1-2H3,(H,16,17). The van der Waals surface area contributed by atoms with Crippen LogP contribution in [0.25, 0.3) is 0 Å². The van der Waals surface area contributed by atoms with Gasteiger partial charge in [-0.05, 0) is 24.6 Å². The molecule has 1 unspecified atom stereocenters. The molecular weight excluding hydrogens is 236 g/mol. The van der Waals surface area contributed by atoms with Gasteiger partial charge >= 0.3 is 0 Å². The van der Waals surface area contributed by atoms with E-state index in [9.17, 15) is 4.79 Å². The van der Waals surface area contributed by atoms with Crippen LogP contribution in [0.1, 0.15) is 32.3 Å². The Morgan fingerprint density at radius 2 is 2.29 bits per heavy atom. The summed E-state index contributed by atoms with van der Waals surface area (Å²) in [6.45, 7) is 3.90. The third-order valence-electron chi connectivity index (χ3n) is 2.53. The number of benzene rings is 1. The second-order valence-corrected chi connectivity index (χ2v) is 4.42. The first-order chi connectivity index (χ1) is 8.08. The predicted octanol–water partition coefficient (Wildman–Crippen LogP) is 3.59. The molecule has 90 valence electrons. The summed E-state index contributed by atoms with van der Waals surface area (Å²) in [6, 6.07) is 6.85. The van der Waals surface area contributed by atoms with Crippen LogP contribution < -0.4 is 5.32 Å². The minimum absolute atomic E-state index is 0.0643. The maximum atomic E-state index is 11.8. The van der Waals surface area contributed by atoms with Gasteiger partial charge in [0.15, 0.2) is 0 Å². The predicted molar refractivity (Wildman–Crippen MR) is 68.9 cm³/mol. The SMILES string of the molecule is CCCC(C)C(=O)Nc1cc(Cl)ccc1C#N. The zero-order valence-corrected chi connectivity index (χ0v) is 10.7. The second kappa shape index (κ2) is 6.27. The van der Waals surface area contributed by atoms with Crippen LogP contribution in [0.15, 0.2) is 18.2 Å². The Balaban J connectivity index is 2.84. The number of amides is 1. The van der Waals surface area contributed by atoms with Gasteiger partial charge < -0.3 is 5.32 Å². The molecule has 0 radical (unpaired) electrons. The molecule has 0 heterocycles. The first-order valence-corrected chi connectivity index (χ1v) is 5.96. The quantitative estimate of drug-likeness (QED) is 0.888. The van der Waals surface area contributed by atoms with Crippen molar-refractivity contribution < 1.29 is 4.79 Å². The lowest BCUT2D eigenvalue weighted by Crippen LogP contribution is -2.20. The summed E-state index contributed by atoms with van der Waals surface area (Å²) in [7, 11) is 0. The smallest absolute Gasteiger partial charge is 0.227 e. The summed E-state index contributed by atoms with van der Waals surface area (Å²) in [5, 5.41) is 12.2. The normalized spacial score (nSPS) is 11.6. The molecular formula is C13H15ClN2O. The highest BCUT2D eigenvalue weighted by Crippen LogP contribution is 2.21. The van der Waals surface area contributed by atoms with Gasteiger partial charge in [0.05, 0.1) is 11.3 Å². The Morgan fingerprint density at radius 1 is 1.59 bits per heavy atom. The molecule has 0 aliphatic heterocycles. The fraction of sp³-hybridized carbons (Fsp3) is 0.385. The van der Waals surface area contributed by atoms with E-state index >= 15 is 0 Å². The van der Waals surface area contributed by atoms with Gasteiger partial charge in [-0.15, -0.1) is 0 Å². The van der Waals surface area contributed by atoms with Crippen molar-refractivity contribution in [2.75, 3.05) is 5.32 Å². The molecule has 1 N–H and O–H groups in total. The number of anilines is 1. The van der Waals surface area contributed by atoms with E-state index in [2.05, 4.69) is 5.32 Å². The van der Waals surface area contributed by atoms with Crippen LogP contribution in [-0.2, 0) is 4.79 Å². The van der Waals surface area contributed by atoms with E-state index in [1.807, 2.05) is 19.9 Å². The summed E-state index contributed by atoms with van der Waals surface area (Å²) >= 11 is 5.84. The highest BCUT2D eigenvalue weighted by atomic mass is 35.5. The minimum atomic E-state index is -0.0781. The van der Waals surface area contributed by atoms with E-state index < -0.39 is 0 Å². The number of hydrogen-bond acceptors (Lipinski definition) is 2. The van der Waals surface area contributed by atoms with Gasteiger partial charge in [-0.3, -0.25) is 4.79 Å². The Kier molecular flexibility index (Phi) is 4.99. The lowest BCUT2D eigenvalue weighted by Gasteiger charge is -2.12. The van der Waals surface area contributed by atoms with Crippen LogP contribution in [0.3, 0.4) is 0 Å². The number of rotatable bonds is 4. The third-order valence-corrected chi connectivity index (χ3v) is 2.76. The van der Waals surface area contributed by atoms with E-state index in [1.54, 1.807) is 18.2 Å². The van der Waals surface area contributed by atoms with E-state index in [1.165, 1.54) is 0 Å². The summed E-state index contributed by atoms with van der Waals surface area (Å²) < 4.78 is 0. The van der Waals surface area contributed by atoms with Crippen LogP contribution in [-0.4, -0.2) is 5.91 Å². The Morgan fingerprint density at radius 3 is 2.88 bits per heavy atom. The van der Waals surface area contributed by atoms with Gasteiger partial charge in [0.25, 0.3) is 0 Å². The number of nitriles is 1. The molecule has 1 aromatic carbocycles. The molecule has 0 bridgehead atoms. The molecule has 1 amide bonds. The molecule has 0 fully saturated rings. The average molecular weight is 251 g/mol. The maximum Gasteiger partial charge on any atom is 0.227 e. The first kappa shape index (κ1) is 13.5. The van der Waals surface area contributed by atoms with Crippen molar-refractivity contribution in [3.63, 3.8) is 0 Å². The number of nitrogens with zero attached hydrogens (tertiary/aromatic N) is 1. The number of carbonyl (C=O) groups is 1. The fourth-order valence-corrected chi connectivity index (χ4v) is 1.71. The molecule has 4 heteroatoms. The van der Waals surface area contributed by atoms with Crippen molar-refractivity contribution in [1.29, 1.82) is 5.26 Å². The van der Waals surface area contributed by atoms with Crippen molar-refractivity contribution in [1.82, 2.24) is 0 Å². The van der Waals surface area contributed by atoms with Crippen molar-refractivity contribution in [3.8, 4) is 6.07 Å². The number of carbonyl (C=O) groups excluding carboxylic acids is 1. The molecule has 0 aliphatic rings. The molecule has 17 heavy (non-hydrogen) atoms. The van der Waals surface area contributed by atoms with Crippen molar-refractivity contribution >= 4 is 23.2 Å². The molecule has 0 saturated carbocycles. The van der Waals surface area contributed by atoms with Crippen LogP contribution in [0.2, 0.25) is 5.02 Å². The van der Waals surface area contributed by atoms with Gasteiger partial charge in [-0.1, -0.05) is 31.9 Å². The topological polar surface area (TPSA) is 52.9 Å². The van der Waals surface area contributed by atoms with E-state index in [4.69, 9.17) is 16.9 Å². The van der Waals surface area contributed by atoms with Crippen molar-refractivity contribution in [3.05, 3.63) is 28.8 Å². The summed E-state index contributed by atoms with van der Waals surface area (Å²) in [4.78, 5) is 11.8. The summed E-state index contributed by atoms with van der Waals surface area (Å²) in [6.07, 6.45) is 1.78. The summed E-state index contributed by atoms with van der Waals surface area (Å²) in [5.74, 6) is -0.142. The van der Waals surface area contributed by atoms with Crippen molar-refractivity contribution in [2.24, 2.45) is 5.92 Å². The molecule has 0 saturated heterocycles. The Bertz CT molecular complexity index is 451. The van der Waals surface area contributed by atoms with Crippen LogP contribution in [0.4, 0.5) is 5.69 Å². The van der Waals surface area contributed by atoms with Gasteiger partial charge in [0, 0.05) is 10.9 Å². The molecule has 0 aromatic heterocycles. The third kappa shape index (κ3) is 3.76. The maximum absolute atomic E-state index is 11.8. The van der Waals surface area contributed by atoms with Gasteiger partial charge in [0.2, 0.25) is 5.91 Å². The molecule has 0 spiro atoms. The monoisotopic (exact) mass is 250 g/mol. The van der Waals surface area contributed by atoms with Gasteiger partial charge in [-0.25, -0.2) is 0 Å². The average Bonchev–Trinajstić information content (AvgIpc) is 2.29. The van der Waals surface area contributed by atoms with E-state index in [0.717, 1.165) is 12.8 Å². The highest BCUT2D eigenvalue weighted by molar-refractivity contribution is 6.31. The minimum Gasteiger partial charge on any atom is -0.325 e. The van der Waals surface area contributed by atoms with Crippen LogP contribution >= 0.6 is 11.6 Å². The van der Waals surface area contributed by atoms with E-state index in [0.29, 0.717) is 16.3 Å². The number of hydrogen-bond donors (Lipinski definition) is 1. The number of halogens is 1. The first-order valence-electron chi connectivity index (χ1n) is 5.59. The van der Waals surface area contributed by atoms with Gasteiger partial charge in [-0.2, -0.15) is 5.26 Å². The largest absolute Gasteiger partial charge is 0.325 e. The molecule has 1 aromatic rings. The Hall–Kier alpha value is -1.53. The number of nitrogens with one attached hydrogen (secondary N) is 1. The zero-order chi connectivity index (χ0) is 12.8. The molecule has 1 rings (SSSR count). The highest BCUT2D eigenvalue weighted by Gasteiger charge is 2.13. The van der Waals surface area contributed by atoms with Crippen LogP contribution in [0, 0.1) is 17.2 Å². The zero-order valence-electron chi connectivity index (χ0n) is 9.96. The lowest BCUT2D eigenvalue weighted by molar-refractivity contribution is -0.119. The molecule has 3 nitrogen and oxygen atoms in total. The second-order valence-electron chi connectivity index (χ2n) is 3.98. The van der Waals surface area contributed by atoms with Gasteiger partial charge in [0.1, 0.15) is 6.07 Å². The Labute approximate surface area is 106 Å². The van der Waals surface area contributed by atoms with Crippen LogP contribution in [0.5, 0.6) is 0 Å².